The van der Waals surface area contributed by atoms with Crippen molar-refractivity contribution in [2.75, 3.05) is 40.3 Å². The lowest BCUT2D eigenvalue weighted by Crippen LogP contribution is -2.41. The van der Waals surface area contributed by atoms with Crippen LogP contribution in [0.5, 0.6) is 0 Å². The highest BCUT2D eigenvalue weighted by molar-refractivity contribution is 5.93. The van der Waals surface area contributed by atoms with Crippen molar-refractivity contribution in [3.05, 3.63) is 35.5 Å². The molecule has 0 aromatic carbocycles. The van der Waals surface area contributed by atoms with Crippen molar-refractivity contribution >= 4 is 11.6 Å². The maximum absolute atomic E-state index is 14.7. The number of likely N-dealkylation sites (N-methyl/N-ethyl adjacent to an activating group) is 1. The van der Waals surface area contributed by atoms with Crippen LogP contribution in [0.3, 0.4) is 0 Å². The van der Waals surface area contributed by atoms with Gasteiger partial charge in [-0.2, -0.15) is 4.39 Å². The molecule has 3 rings (SSSR count). The number of hydrogen-bond donors (Lipinski definition) is 0. The van der Waals surface area contributed by atoms with Gasteiger partial charge < -0.3 is 14.5 Å². The molecule has 6 nitrogen and oxygen atoms in total. The van der Waals surface area contributed by atoms with Gasteiger partial charge in [-0.1, -0.05) is 0 Å². The summed E-state index contributed by atoms with van der Waals surface area (Å²) in [6.45, 7) is 4.32. The Morgan fingerprint density at radius 2 is 2.24 bits per heavy atom. The second kappa shape index (κ2) is 7.49. The van der Waals surface area contributed by atoms with Crippen LogP contribution in [0.4, 0.5) is 4.39 Å². The van der Waals surface area contributed by atoms with Crippen LogP contribution in [-0.2, 0) is 4.74 Å². The first-order chi connectivity index (χ1) is 12.0. The van der Waals surface area contributed by atoms with Gasteiger partial charge in [-0.15, -0.1) is 0 Å². The molecule has 1 saturated heterocycles. The van der Waals surface area contributed by atoms with Gasteiger partial charge in [0.1, 0.15) is 5.65 Å². The fourth-order valence-electron chi connectivity index (χ4n) is 3.03. The summed E-state index contributed by atoms with van der Waals surface area (Å²) in [5, 5.41) is 0. The van der Waals surface area contributed by atoms with Gasteiger partial charge in [-0.05, 0) is 51.6 Å². The molecule has 0 spiro atoms. The summed E-state index contributed by atoms with van der Waals surface area (Å²) in [6.07, 6.45) is 3.56. The molecule has 0 N–H and O–H groups in total. The van der Waals surface area contributed by atoms with Crippen molar-refractivity contribution in [1.29, 1.82) is 0 Å². The molecule has 0 radical (unpaired) electrons. The first-order valence-corrected chi connectivity index (χ1v) is 8.65. The quantitative estimate of drug-likeness (QED) is 0.801. The van der Waals surface area contributed by atoms with Crippen molar-refractivity contribution in [3.63, 3.8) is 0 Å². The highest BCUT2D eigenvalue weighted by Gasteiger charge is 2.28. The predicted octanol–water partition coefficient (Wildman–Crippen LogP) is 1.96. The number of carbonyl (C=O) groups excluding carboxylic acids is 1. The highest BCUT2D eigenvalue weighted by atomic mass is 19.1. The minimum atomic E-state index is -0.609. The van der Waals surface area contributed by atoms with Gasteiger partial charge in [0.25, 0.3) is 5.91 Å². The average Bonchev–Trinajstić information content (AvgIpc) is 3.18. The van der Waals surface area contributed by atoms with E-state index < -0.39 is 5.95 Å². The van der Waals surface area contributed by atoms with Crippen molar-refractivity contribution in [2.45, 2.75) is 25.9 Å². The summed E-state index contributed by atoms with van der Waals surface area (Å²) in [5.41, 5.74) is 1.30. The standard InChI is InChI=1S/C18H25FN4O2/c1-13-6-7-23-15(11-13)20-16(17(23)19)18(24)22(9-8-21(2)3)12-14-5-4-10-25-14/h6-7,11,14H,4-5,8-10,12H2,1-3H3/t14-/m1/s1. The number of halogens is 1. The number of hydrogen-bond acceptors (Lipinski definition) is 4. The Morgan fingerprint density at radius 1 is 1.44 bits per heavy atom. The first-order valence-electron chi connectivity index (χ1n) is 8.65. The van der Waals surface area contributed by atoms with Crippen LogP contribution in [-0.4, -0.2) is 71.5 Å². The van der Waals surface area contributed by atoms with E-state index in [4.69, 9.17) is 4.74 Å². The van der Waals surface area contributed by atoms with Crippen molar-refractivity contribution in [1.82, 2.24) is 19.2 Å². The second-order valence-corrected chi connectivity index (χ2v) is 6.87. The Morgan fingerprint density at radius 3 is 2.92 bits per heavy atom. The minimum Gasteiger partial charge on any atom is -0.376 e. The topological polar surface area (TPSA) is 50.1 Å². The SMILES string of the molecule is Cc1ccn2c(F)c(C(=O)N(CCN(C)C)C[C@H]3CCCO3)nc2c1. The van der Waals surface area contributed by atoms with Crippen LogP contribution >= 0.6 is 0 Å². The van der Waals surface area contributed by atoms with Gasteiger partial charge in [0.15, 0.2) is 5.69 Å². The van der Waals surface area contributed by atoms with Crippen LogP contribution in [0.15, 0.2) is 18.3 Å². The molecule has 0 saturated carbocycles. The molecule has 1 fully saturated rings. The van der Waals surface area contributed by atoms with E-state index in [2.05, 4.69) is 4.98 Å². The Balaban J connectivity index is 1.86. The minimum absolute atomic E-state index is 0.0217. The number of ether oxygens (including phenoxy) is 1. The third-order valence-corrected chi connectivity index (χ3v) is 4.48. The number of fused-ring (bicyclic) bond motifs is 1. The van der Waals surface area contributed by atoms with Crippen molar-refractivity contribution in [3.8, 4) is 0 Å². The molecular formula is C18H25FN4O2. The monoisotopic (exact) mass is 348 g/mol. The van der Waals surface area contributed by atoms with Crippen molar-refractivity contribution in [2.24, 2.45) is 0 Å². The maximum Gasteiger partial charge on any atom is 0.277 e. The maximum atomic E-state index is 14.7. The summed E-state index contributed by atoms with van der Waals surface area (Å²) in [7, 11) is 3.89. The number of rotatable bonds is 6. The zero-order valence-electron chi connectivity index (χ0n) is 15.0. The summed E-state index contributed by atoms with van der Waals surface area (Å²) in [4.78, 5) is 20.9. The third-order valence-electron chi connectivity index (χ3n) is 4.48. The molecule has 1 atom stereocenters. The molecule has 7 heteroatoms. The number of aryl methyl sites for hydroxylation is 1. The lowest BCUT2D eigenvalue weighted by Gasteiger charge is -2.26. The molecule has 1 amide bonds. The Labute approximate surface area is 147 Å². The number of pyridine rings is 1. The lowest BCUT2D eigenvalue weighted by molar-refractivity contribution is 0.0504. The first kappa shape index (κ1) is 17.8. The van der Waals surface area contributed by atoms with Gasteiger partial charge in [-0.25, -0.2) is 4.98 Å². The summed E-state index contributed by atoms with van der Waals surface area (Å²) in [6, 6.07) is 3.56. The molecular weight excluding hydrogens is 323 g/mol. The van der Waals surface area contributed by atoms with E-state index in [1.807, 2.05) is 25.9 Å². The summed E-state index contributed by atoms with van der Waals surface area (Å²) in [5.74, 6) is -0.988. The van der Waals surface area contributed by atoms with Gasteiger partial charge in [0, 0.05) is 32.4 Å². The highest BCUT2D eigenvalue weighted by Crippen LogP contribution is 2.18. The van der Waals surface area contributed by atoms with Gasteiger partial charge in [-0.3, -0.25) is 9.20 Å². The fourth-order valence-corrected chi connectivity index (χ4v) is 3.03. The molecule has 0 bridgehead atoms. The normalized spacial score (nSPS) is 17.6. The third kappa shape index (κ3) is 3.99. The van der Waals surface area contributed by atoms with E-state index in [9.17, 15) is 9.18 Å². The Bertz CT molecular complexity index is 753. The van der Waals surface area contributed by atoms with Gasteiger partial charge >= 0.3 is 0 Å². The van der Waals surface area contributed by atoms with E-state index >= 15 is 0 Å². The van der Waals surface area contributed by atoms with Crippen LogP contribution < -0.4 is 0 Å². The zero-order chi connectivity index (χ0) is 18.0. The Kier molecular flexibility index (Phi) is 5.34. The second-order valence-electron chi connectivity index (χ2n) is 6.87. The molecule has 0 aliphatic carbocycles. The molecule has 3 heterocycles. The summed E-state index contributed by atoms with van der Waals surface area (Å²) < 4.78 is 21.7. The Hall–Kier alpha value is -1.99. The van der Waals surface area contributed by atoms with E-state index in [1.165, 1.54) is 4.40 Å². The van der Waals surface area contributed by atoms with Crippen LogP contribution in [0.2, 0.25) is 0 Å². The largest absolute Gasteiger partial charge is 0.376 e. The molecule has 2 aromatic rings. The molecule has 0 unspecified atom stereocenters. The smallest absolute Gasteiger partial charge is 0.277 e. The van der Waals surface area contributed by atoms with E-state index in [0.29, 0.717) is 25.3 Å². The van der Waals surface area contributed by atoms with E-state index in [-0.39, 0.29) is 17.7 Å². The van der Waals surface area contributed by atoms with E-state index in [0.717, 1.165) is 25.0 Å². The number of amides is 1. The van der Waals surface area contributed by atoms with E-state index in [1.54, 1.807) is 23.2 Å². The molecule has 25 heavy (non-hydrogen) atoms. The lowest BCUT2D eigenvalue weighted by atomic mass is 10.2. The molecule has 136 valence electrons. The van der Waals surface area contributed by atoms with Crippen LogP contribution in [0, 0.1) is 12.9 Å². The number of aromatic nitrogens is 2. The van der Waals surface area contributed by atoms with Crippen molar-refractivity contribution < 1.29 is 13.9 Å². The van der Waals surface area contributed by atoms with Crippen LogP contribution in [0.1, 0.15) is 28.9 Å². The summed E-state index contributed by atoms with van der Waals surface area (Å²) >= 11 is 0. The van der Waals surface area contributed by atoms with Crippen LogP contribution in [0.25, 0.3) is 5.65 Å². The molecule has 1 aliphatic heterocycles. The zero-order valence-corrected chi connectivity index (χ0v) is 15.0. The van der Waals surface area contributed by atoms with Gasteiger partial charge in [0.05, 0.1) is 6.10 Å². The molecule has 2 aromatic heterocycles. The molecule has 1 aliphatic rings. The predicted molar refractivity (Wildman–Crippen MR) is 93.3 cm³/mol. The fraction of sp³-hybridized carbons (Fsp3) is 0.556. The van der Waals surface area contributed by atoms with Gasteiger partial charge in [0.2, 0.25) is 5.95 Å². The average molecular weight is 348 g/mol. The number of carbonyl (C=O) groups is 1. The number of nitrogens with zero attached hydrogens (tertiary/aromatic N) is 4. The number of imidazole rings is 1.